The fourth-order valence-electron chi connectivity index (χ4n) is 3.22. The van der Waals surface area contributed by atoms with Crippen LogP contribution >= 0.6 is 22.9 Å². The molecule has 154 valence electrons. The molecule has 1 fully saturated rings. The molecule has 0 saturated carbocycles. The van der Waals surface area contributed by atoms with Crippen molar-refractivity contribution in [2.75, 3.05) is 31.6 Å². The lowest BCUT2D eigenvalue weighted by Crippen LogP contribution is -2.35. The molecule has 0 bridgehead atoms. The van der Waals surface area contributed by atoms with Crippen LogP contribution in [0, 0.1) is 0 Å². The van der Waals surface area contributed by atoms with E-state index in [9.17, 15) is 4.79 Å². The molecule has 7 heteroatoms. The molecule has 3 aromatic rings. The number of carbonyl (C=O) groups is 1. The third-order valence-electron chi connectivity index (χ3n) is 4.77. The number of nitrogens with one attached hydrogen (secondary N) is 1. The van der Waals surface area contributed by atoms with Crippen molar-refractivity contribution in [2.24, 2.45) is 0 Å². The molecule has 1 aliphatic rings. The van der Waals surface area contributed by atoms with Gasteiger partial charge < -0.3 is 4.74 Å². The molecule has 1 aromatic heterocycles. The minimum atomic E-state index is -0.235. The standard InChI is InChI=1S/C23H22ClN3O2S/c24-19-9-5-4-6-17(19)10-11-21(28)25-23-26-22(18-7-2-1-3-8-18)20(30-23)16-27-12-14-29-15-13-27/h1-11H,12-16H2,(H,25,26,28)/b11-10+. The third-order valence-corrected chi connectivity index (χ3v) is 6.06. The van der Waals surface area contributed by atoms with E-state index in [1.54, 1.807) is 12.1 Å². The maximum atomic E-state index is 12.4. The number of halogens is 1. The topological polar surface area (TPSA) is 54.5 Å². The van der Waals surface area contributed by atoms with Crippen molar-refractivity contribution < 1.29 is 9.53 Å². The summed E-state index contributed by atoms with van der Waals surface area (Å²) in [7, 11) is 0. The molecule has 1 N–H and O–H groups in total. The average molecular weight is 440 g/mol. The number of benzene rings is 2. The highest BCUT2D eigenvalue weighted by Crippen LogP contribution is 2.32. The summed E-state index contributed by atoms with van der Waals surface area (Å²) in [6.45, 7) is 4.07. The Hall–Kier alpha value is -2.51. The Kier molecular flexibility index (Phi) is 6.92. The summed E-state index contributed by atoms with van der Waals surface area (Å²) in [6, 6.07) is 17.5. The third kappa shape index (κ3) is 5.34. The van der Waals surface area contributed by atoms with Crippen LogP contribution in [0.15, 0.2) is 60.7 Å². The quantitative estimate of drug-likeness (QED) is 0.552. The first-order chi connectivity index (χ1) is 14.7. The number of thiazole rings is 1. The number of hydrogen-bond acceptors (Lipinski definition) is 5. The molecule has 2 heterocycles. The van der Waals surface area contributed by atoms with Gasteiger partial charge in [0.1, 0.15) is 0 Å². The van der Waals surface area contributed by atoms with Gasteiger partial charge in [0, 0.05) is 41.2 Å². The van der Waals surface area contributed by atoms with E-state index in [2.05, 4.69) is 10.2 Å². The minimum Gasteiger partial charge on any atom is -0.379 e. The first kappa shape index (κ1) is 20.8. The van der Waals surface area contributed by atoms with Gasteiger partial charge in [0.25, 0.3) is 0 Å². The molecule has 0 spiro atoms. The van der Waals surface area contributed by atoms with Crippen molar-refractivity contribution in [1.29, 1.82) is 0 Å². The number of hydrogen-bond donors (Lipinski definition) is 1. The van der Waals surface area contributed by atoms with E-state index < -0.39 is 0 Å². The fraction of sp³-hybridized carbons (Fsp3) is 0.217. The Morgan fingerprint density at radius 2 is 1.87 bits per heavy atom. The lowest BCUT2D eigenvalue weighted by molar-refractivity contribution is -0.111. The second-order valence-electron chi connectivity index (χ2n) is 6.89. The number of anilines is 1. The molecule has 0 radical (unpaired) electrons. The first-order valence-electron chi connectivity index (χ1n) is 9.78. The zero-order chi connectivity index (χ0) is 20.8. The van der Waals surface area contributed by atoms with E-state index >= 15 is 0 Å². The van der Waals surface area contributed by atoms with Crippen molar-refractivity contribution in [3.05, 3.63) is 76.1 Å². The van der Waals surface area contributed by atoms with Crippen LogP contribution in [0.25, 0.3) is 17.3 Å². The second-order valence-corrected chi connectivity index (χ2v) is 8.38. The minimum absolute atomic E-state index is 0.235. The molecule has 2 aromatic carbocycles. The lowest BCUT2D eigenvalue weighted by Gasteiger charge is -2.26. The van der Waals surface area contributed by atoms with Crippen LogP contribution in [0.1, 0.15) is 10.4 Å². The van der Waals surface area contributed by atoms with Crippen LogP contribution in [0.2, 0.25) is 5.02 Å². The zero-order valence-corrected chi connectivity index (χ0v) is 18.0. The number of morpholine rings is 1. The van der Waals surface area contributed by atoms with Gasteiger partial charge in [-0.25, -0.2) is 4.98 Å². The summed E-state index contributed by atoms with van der Waals surface area (Å²) in [5.74, 6) is -0.235. The summed E-state index contributed by atoms with van der Waals surface area (Å²) in [5, 5.41) is 4.09. The van der Waals surface area contributed by atoms with Crippen molar-refractivity contribution in [1.82, 2.24) is 9.88 Å². The van der Waals surface area contributed by atoms with Gasteiger partial charge in [-0.1, -0.05) is 71.5 Å². The van der Waals surface area contributed by atoms with Crippen LogP contribution in [-0.2, 0) is 16.1 Å². The molecule has 1 amide bonds. The Balaban J connectivity index is 1.52. The van der Waals surface area contributed by atoms with E-state index in [0.29, 0.717) is 10.2 Å². The molecule has 5 nitrogen and oxygen atoms in total. The van der Waals surface area contributed by atoms with E-state index in [0.717, 1.165) is 54.5 Å². The predicted octanol–water partition coefficient (Wildman–Crippen LogP) is 4.95. The highest BCUT2D eigenvalue weighted by atomic mass is 35.5. The summed E-state index contributed by atoms with van der Waals surface area (Å²) in [6.07, 6.45) is 3.18. The van der Waals surface area contributed by atoms with Crippen LogP contribution in [0.5, 0.6) is 0 Å². The SMILES string of the molecule is O=C(/C=C/c1ccccc1Cl)Nc1nc(-c2ccccc2)c(CN2CCOCC2)s1. The molecule has 0 unspecified atom stereocenters. The second kappa shape index (κ2) is 10.00. The zero-order valence-electron chi connectivity index (χ0n) is 16.4. The number of carbonyl (C=O) groups excluding carboxylic acids is 1. The summed E-state index contributed by atoms with van der Waals surface area (Å²) < 4.78 is 5.45. The molecular formula is C23H22ClN3O2S. The number of amides is 1. The summed E-state index contributed by atoms with van der Waals surface area (Å²) in [5.41, 5.74) is 2.76. The largest absolute Gasteiger partial charge is 0.379 e. The van der Waals surface area contributed by atoms with Gasteiger partial charge in [0.2, 0.25) is 5.91 Å². The van der Waals surface area contributed by atoms with Gasteiger partial charge in [-0.15, -0.1) is 0 Å². The Bertz CT molecular complexity index is 1030. The summed E-state index contributed by atoms with van der Waals surface area (Å²) in [4.78, 5) is 20.7. The van der Waals surface area contributed by atoms with Crippen LogP contribution < -0.4 is 5.32 Å². The number of nitrogens with zero attached hydrogens (tertiary/aromatic N) is 2. The molecule has 1 aliphatic heterocycles. The molecule has 1 saturated heterocycles. The predicted molar refractivity (Wildman–Crippen MR) is 123 cm³/mol. The summed E-state index contributed by atoms with van der Waals surface area (Å²) >= 11 is 7.66. The van der Waals surface area contributed by atoms with Crippen LogP contribution in [0.3, 0.4) is 0 Å². The Morgan fingerprint density at radius 1 is 1.13 bits per heavy atom. The molecule has 30 heavy (non-hydrogen) atoms. The maximum absolute atomic E-state index is 12.4. The number of rotatable bonds is 6. The number of ether oxygens (including phenoxy) is 1. The normalized spacial score (nSPS) is 14.8. The van der Waals surface area contributed by atoms with Crippen LogP contribution in [-0.4, -0.2) is 42.1 Å². The Labute approximate surface area is 185 Å². The van der Waals surface area contributed by atoms with Gasteiger partial charge in [-0.2, -0.15) is 0 Å². The van der Waals surface area contributed by atoms with Gasteiger partial charge in [-0.3, -0.25) is 15.0 Å². The van der Waals surface area contributed by atoms with Crippen molar-refractivity contribution in [3.8, 4) is 11.3 Å². The van der Waals surface area contributed by atoms with E-state index in [4.69, 9.17) is 21.3 Å². The van der Waals surface area contributed by atoms with Crippen molar-refractivity contribution >= 4 is 40.1 Å². The highest BCUT2D eigenvalue weighted by Gasteiger charge is 2.18. The van der Waals surface area contributed by atoms with Crippen molar-refractivity contribution in [3.63, 3.8) is 0 Å². The van der Waals surface area contributed by atoms with Gasteiger partial charge >= 0.3 is 0 Å². The fourth-order valence-corrected chi connectivity index (χ4v) is 4.45. The van der Waals surface area contributed by atoms with E-state index in [-0.39, 0.29) is 5.91 Å². The van der Waals surface area contributed by atoms with Crippen molar-refractivity contribution in [2.45, 2.75) is 6.54 Å². The van der Waals surface area contributed by atoms with Gasteiger partial charge in [0.05, 0.1) is 18.9 Å². The van der Waals surface area contributed by atoms with E-state index in [1.807, 2.05) is 48.5 Å². The molecular weight excluding hydrogens is 418 g/mol. The van der Waals surface area contributed by atoms with E-state index in [1.165, 1.54) is 17.4 Å². The van der Waals surface area contributed by atoms with Gasteiger partial charge in [0.15, 0.2) is 5.13 Å². The highest BCUT2D eigenvalue weighted by molar-refractivity contribution is 7.16. The van der Waals surface area contributed by atoms with Crippen LogP contribution in [0.4, 0.5) is 5.13 Å². The Morgan fingerprint density at radius 3 is 2.63 bits per heavy atom. The maximum Gasteiger partial charge on any atom is 0.250 e. The lowest BCUT2D eigenvalue weighted by atomic mass is 10.1. The molecule has 4 rings (SSSR count). The molecule has 0 aliphatic carbocycles. The monoisotopic (exact) mass is 439 g/mol. The molecule has 0 atom stereocenters. The average Bonchev–Trinajstić information content (AvgIpc) is 3.16. The smallest absolute Gasteiger partial charge is 0.250 e. The number of aromatic nitrogens is 1. The first-order valence-corrected chi connectivity index (χ1v) is 11.0. The van der Waals surface area contributed by atoms with Gasteiger partial charge in [-0.05, 0) is 17.7 Å².